The first-order valence-electron chi connectivity index (χ1n) is 5.26. The zero-order valence-corrected chi connectivity index (χ0v) is 10.4. The highest BCUT2D eigenvalue weighted by Gasteiger charge is 2.08. The summed E-state index contributed by atoms with van der Waals surface area (Å²) in [6.07, 6.45) is 1.78. The molecular weight excluding hydrogens is 236 g/mol. The van der Waals surface area contributed by atoms with E-state index < -0.39 is 0 Å². The molecule has 4 nitrogen and oxygen atoms in total. The summed E-state index contributed by atoms with van der Waals surface area (Å²) >= 11 is 1.59. The Morgan fingerprint density at radius 2 is 2.24 bits per heavy atom. The van der Waals surface area contributed by atoms with Gasteiger partial charge in [0.2, 0.25) is 0 Å². The molecule has 1 aromatic heterocycles. The predicted molar refractivity (Wildman–Crippen MR) is 68.7 cm³/mol. The first-order chi connectivity index (χ1) is 8.35. The van der Waals surface area contributed by atoms with E-state index in [4.69, 9.17) is 15.2 Å². The van der Waals surface area contributed by atoms with Crippen molar-refractivity contribution in [2.75, 3.05) is 20.3 Å². The van der Waals surface area contributed by atoms with Crippen molar-refractivity contribution in [2.45, 2.75) is 0 Å². The summed E-state index contributed by atoms with van der Waals surface area (Å²) < 4.78 is 10.8. The second-order valence-corrected chi connectivity index (χ2v) is 4.23. The Balaban J connectivity index is 2.27. The Bertz CT molecular complexity index is 471. The van der Waals surface area contributed by atoms with E-state index in [0.29, 0.717) is 24.7 Å². The van der Waals surface area contributed by atoms with Crippen LogP contribution in [0.15, 0.2) is 29.8 Å². The molecule has 2 N–H and O–H groups in total. The predicted octanol–water partition coefficient (Wildman–Crippen LogP) is 2.16. The molecule has 0 aliphatic rings. The summed E-state index contributed by atoms with van der Waals surface area (Å²) in [7, 11) is 1.62. The summed E-state index contributed by atoms with van der Waals surface area (Å²) in [5.41, 5.74) is 6.43. The molecule has 90 valence electrons. The first-order valence-corrected chi connectivity index (χ1v) is 6.14. The SMILES string of the molecule is COc1cc(-c2nccs2)ccc1OCCN. The van der Waals surface area contributed by atoms with Crippen molar-refractivity contribution in [1.82, 2.24) is 4.98 Å². The van der Waals surface area contributed by atoms with Crippen molar-refractivity contribution < 1.29 is 9.47 Å². The van der Waals surface area contributed by atoms with Crippen molar-refractivity contribution in [2.24, 2.45) is 5.73 Å². The van der Waals surface area contributed by atoms with Gasteiger partial charge in [-0.15, -0.1) is 11.3 Å². The quantitative estimate of drug-likeness (QED) is 0.883. The van der Waals surface area contributed by atoms with Crippen LogP contribution in [-0.2, 0) is 0 Å². The average Bonchev–Trinajstić information content (AvgIpc) is 2.90. The van der Waals surface area contributed by atoms with Gasteiger partial charge in [0.25, 0.3) is 0 Å². The van der Waals surface area contributed by atoms with E-state index in [2.05, 4.69) is 4.98 Å². The fourth-order valence-electron chi connectivity index (χ4n) is 1.45. The van der Waals surface area contributed by atoms with Crippen molar-refractivity contribution in [1.29, 1.82) is 0 Å². The lowest BCUT2D eigenvalue weighted by molar-refractivity contribution is 0.302. The first kappa shape index (κ1) is 11.9. The Labute approximate surface area is 104 Å². The van der Waals surface area contributed by atoms with Crippen LogP contribution >= 0.6 is 11.3 Å². The minimum Gasteiger partial charge on any atom is -0.493 e. The number of nitrogens with two attached hydrogens (primary N) is 1. The Morgan fingerprint density at radius 3 is 2.88 bits per heavy atom. The molecule has 0 fully saturated rings. The highest BCUT2D eigenvalue weighted by atomic mass is 32.1. The van der Waals surface area contributed by atoms with Crippen LogP contribution in [0.3, 0.4) is 0 Å². The average molecular weight is 250 g/mol. The lowest BCUT2D eigenvalue weighted by Gasteiger charge is -2.10. The molecular formula is C12H14N2O2S. The van der Waals surface area contributed by atoms with Gasteiger partial charge in [0, 0.05) is 23.7 Å². The van der Waals surface area contributed by atoms with Crippen molar-refractivity contribution in [3.8, 4) is 22.1 Å². The van der Waals surface area contributed by atoms with E-state index in [1.54, 1.807) is 24.6 Å². The molecule has 0 unspecified atom stereocenters. The molecule has 5 heteroatoms. The summed E-state index contributed by atoms with van der Waals surface area (Å²) in [4.78, 5) is 4.26. The maximum absolute atomic E-state index is 5.48. The molecule has 0 atom stereocenters. The third-order valence-corrected chi connectivity index (χ3v) is 3.04. The molecule has 1 aromatic carbocycles. The van der Waals surface area contributed by atoms with Crippen molar-refractivity contribution in [3.05, 3.63) is 29.8 Å². The van der Waals surface area contributed by atoms with Crippen LogP contribution in [0.25, 0.3) is 10.6 Å². The molecule has 2 rings (SSSR count). The lowest BCUT2D eigenvalue weighted by Crippen LogP contribution is -2.11. The molecule has 0 saturated heterocycles. The third-order valence-electron chi connectivity index (χ3n) is 2.22. The van der Waals surface area contributed by atoms with Gasteiger partial charge in [-0.2, -0.15) is 0 Å². The van der Waals surface area contributed by atoms with Crippen LogP contribution in [0.4, 0.5) is 0 Å². The van der Waals surface area contributed by atoms with Gasteiger partial charge in [-0.3, -0.25) is 0 Å². The number of benzene rings is 1. The Kier molecular flexibility index (Phi) is 3.95. The molecule has 2 aromatic rings. The van der Waals surface area contributed by atoms with E-state index >= 15 is 0 Å². The van der Waals surface area contributed by atoms with Gasteiger partial charge < -0.3 is 15.2 Å². The molecule has 0 radical (unpaired) electrons. The van der Waals surface area contributed by atoms with Crippen molar-refractivity contribution >= 4 is 11.3 Å². The maximum atomic E-state index is 5.48. The topological polar surface area (TPSA) is 57.4 Å². The smallest absolute Gasteiger partial charge is 0.161 e. The van der Waals surface area contributed by atoms with Crippen LogP contribution in [0.2, 0.25) is 0 Å². The summed E-state index contributed by atoms with van der Waals surface area (Å²) in [5, 5.41) is 2.91. The summed E-state index contributed by atoms with van der Waals surface area (Å²) in [6, 6.07) is 5.77. The molecule has 0 aliphatic heterocycles. The van der Waals surface area contributed by atoms with E-state index in [-0.39, 0.29) is 0 Å². The number of hydrogen-bond acceptors (Lipinski definition) is 5. The monoisotopic (exact) mass is 250 g/mol. The van der Waals surface area contributed by atoms with Crippen LogP contribution in [0.5, 0.6) is 11.5 Å². The highest BCUT2D eigenvalue weighted by Crippen LogP contribution is 2.33. The minimum absolute atomic E-state index is 0.479. The van der Waals surface area contributed by atoms with Gasteiger partial charge >= 0.3 is 0 Å². The number of methoxy groups -OCH3 is 1. The molecule has 17 heavy (non-hydrogen) atoms. The second-order valence-electron chi connectivity index (χ2n) is 3.34. The van der Waals surface area contributed by atoms with E-state index in [9.17, 15) is 0 Å². The van der Waals surface area contributed by atoms with Crippen LogP contribution in [0, 0.1) is 0 Å². The fraction of sp³-hybridized carbons (Fsp3) is 0.250. The third kappa shape index (κ3) is 2.75. The van der Waals surface area contributed by atoms with E-state index in [1.807, 2.05) is 23.6 Å². The fourth-order valence-corrected chi connectivity index (χ4v) is 2.09. The van der Waals surface area contributed by atoms with Gasteiger partial charge in [0.15, 0.2) is 11.5 Å². The Morgan fingerprint density at radius 1 is 1.35 bits per heavy atom. The minimum atomic E-state index is 0.479. The zero-order valence-electron chi connectivity index (χ0n) is 9.55. The van der Waals surface area contributed by atoms with Crippen LogP contribution in [0.1, 0.15) is 0 Å². The number of thiazole rings is 1. The second kappa shape index (κ2) is 5.65. The summed E-state index contributed by atoms with van der Waals surface area (Å²) in [6.45, 7) is 0.963. The largest absolute Gasteiger partial charge is 0.493 e. The van der Waals surface area contributed by atoms with Gasteiger partial charge in [-0.25, -0.2) is 4.98 Å². The van der Waals surface area contributed by atoms with Gasteiger partial charge in [-0.1, -0.05) is 0 Å². The van der Waals surface area contributed by atoms with Gasteiger partial charge in [0.05, 0.1) is 7.11 Å². The molecule has 0 bridgehead atoms. The lowest BCUT2D eigenvalue weighted by atomic mass is 10.2. The molecule has 0 spiro atoms. The number of rotatable bonds is 5. The highest BCUT2D eigenvalue weighted by molar-refractivity contribution is 7.13. The molecule has 1 heterocycles. The van der Waals surface area contributed by atoms with Gasteiger partial charge in [0.1, 0.15) is 11.6 Å². The van der Waals surface area contributed by atoms with E-state index in [1.165, 1.54) is 0 Å². The number of aromatic nitrogens is 1. The number of hydrogen-bond donors (Lipinski definition) is 1. The van der Waals surface area contributed by atoms with Crippen LogP contribution in [-0.4, -0.2) is 25.2 Å². The maximum Gasteiger partial charge on any atom is 0.161 e. The summed E-state index contributed by atoms with van der Waals surface area (Å²) in [5.74, 6) is 1.41. The normalized spacial score (nSPS) is 10.2. The molecule has 0 saturated carbocycles. The van der Waals surface area contributed by atoms with Gasteiger partial charge in [-0.05, 0) is 18.2 Å². The Hall–Kier alpha value is -1.59. The zero-order chi connectivity index (χ0) is 12.1. The molecule has 0 amide bonds. The number of ether oxygens (including phenoxy) is 2. The standard InChI is InChI=1S/C12H14N2O2S/c1-15-11-8-9(12-14-5-7-17-12)2-3-10(11)16-6-4-13/h2-3,5,7-8H,4,6,13H2,1H3. The van der Waals surface area contributed by atoms with Crippen molar-refractivity contribution in [3.63, 3.8) is 0 Å². The van der Waals surface area contributed by atoms with E-state index in [0.717, 1.165) is 10.6 Å². The molecule has 0 aliphatic carbocycles. The number of nitrogens with zero attached hydrogens (tertiary/aromatic N) is 1. The van der Waals surface area contributed by atoms with Crippen LogP contribution < -0.4 is 15.2 Å².